The molecule has 1 nitrogen and oxygen atoms in total. The van der Waals surface area contributed by atoms with Gasteiger partial charge in [-0.15, -0.1) is 0 Å². The monoisotopic (exact) mass is 477 g/mol. The fourth-order valence-electron chi connectivity index (χ4n) is 3.88. The van der Waals surface area contributed by atoms with Crippen LogP contribution in [0.2, 0.25) is 0 Å². The average molecular weight is 478 g/mol. The van der Waals surface area contributed by atoms with E-state index in [1.165, 1.54) is 64.2 Å². The fourth-order valence-corrected chi connectivity index (χ4v) is 3.88. The van der Waals surface area contributed by atoms with Crippen LogP contribution in [0, 0.1) is 13.8 Å². The van der Waals surface area contributed by atoms with Gasteiger partial charge in [-0.05, 0) is 37.6 Å². The van der Waals surface area contributed by atoms with Gasteiger partial charge in [-0.2, -0.15) is 0 Å². The summed E-state index contributed by atoms with van der Waals surface area (Å²) in [5.74, 6) is 0. The molecule has 188 valence electrons. The van der Waals surface area contributed by atoms with Crippen LogP contribution in [-0.2, 0) is 7.05 Å². The van der Waals surface area contributed by atoms with Gasteiger partial charge in [0.15, 0.2) is 0 Å². The first-order chi connectivity index (χ1) is 17.5. The van der Waals surface area contributed by atoms with Gasteiger partial charge in [-0.3, -0.25) is 0 Å². The predicted octanol–water partition coefficient (Wildman–Crippen LogP) is 10.6. The molecule has 1 heteroatoms. The van der Waals surface area contributed by atoms with E-state index in [1.54, 1.807) is 0 Å². The molecule has 5 aromatic rings. The lowest BCUT2D eigenvalue weighted by atomic mass is 10.1. The first kappa shape index (κ1) is 28.7. The van der Waals surface area contributed by atoms with Crippen molar-refractivity contribution in [3.05, 3.63) is 126 Å². The van der Waals surface area contributed by atoms with Crippen molar-refractivity contribution in [3.63, 3.8) is 0 Å². The zero-order valence-corrected chi connectivity index (χ0v) is 22.9. The van der Waals surface area contributed by atoms with Gasteiger partial charge >= 0.3 is 0 Å². The maximum atomic E-state index is 3.82. The zero-order chi connectivity index (χ0) is 26.2. The van der Waals surface area contributed by atoms with Gasteiger partial charge in [-0.1, -0.05) is 148 Å². The molecule has 0 saturated carbocycles. The van der Waals surface area contributed by atoms with E-state index in [-0.39, 0.29) is 0 Å². The van der Waals surface area contributed by atoms with Crippen molar-refractivity contribution in [2.75, 3.05) is 0 Å². The van der Waals surface area contributed by atoms with Gasteiger partial charge in [0.1, 0.15) is 0 Å². The highest BCUT2D eigenvalue weighted by atomic mass is 14.9. The zero-order valence-electron chi connectivity index (χ0n) is 22.9. The topological polar surface area (TPSA) is 4.93 Å². The number of hydrogen-bond donors (Lipinski definition) is 0. The number of aromatic nitrogens is 1. The molecule has 0 aliphatic rings. The Hall–Kier alpha value is -3.58. The van der Waals surface area contributed by atoms with E-state index in [0.717, 1.165) is 0 Å². The van der Waals surface area contributed by atoms with Crippen molar-refractivity contribution < 1.29 is 0 Å². The van der Waals surface area contributed by atoms with Crippen molar-refractivity contribution in [3.8, 4) is 0 Å². The number of para-hydroxylation sites is 1. The molecule has 5 rings (SSSR count). The summed E-state index contributed by atoms with van der Waals surface area (Å²) in [5.41, 5.74) is 6.36. The summed E-state index contributed by atoms with van der Waals surface area (Å²) in [4.78, 5) is 0. The molecule has 0 spiro atoms. The molecule has 0 saturated heterocycles. The molecule has 0 aliphatic carbocycles. The van der Waals surface area contributed by atoms with E-state index in [9.17, 15) is 0 Å². The summed E-state index contributed by atoms with van der Waals surface area (Å²) in [6.07, 6.45) is 7.43. The Labute approximate surface area is 219 Å². The summed E-state index contributed by atoms with van der Waals surface area (Å²) in [6, 6.07) is 35.5. The summed E-state index contributed by atoms with van der Waals surface area (Å²) in [7, 11) is 2.11. The van der Waals surface area contributed by atoms with Gasteiger partial charge in [0.05, 0.1) is 0 Å². The van der Waals surface area contributed by atoms with E-state index < -0.39 is 0 Å². The minimum absolute atomic E-state index is 1.17. The first-order valence-corrected chi connectivity index (χ1v) is 13.1. The second kappa shape index (κ2) is 16.2. The van der Waals surface area contributed by atoms with Crippen LogP contribution in [0.3, 0.4) is 0 Å². The first-order valence-electron chi connectivity index (χ1n) is 13.1. The number of fused-ring (bicyclic) bond motifs is 3. The van der Waals surface area contributed by atoms with Crippen LogP contribution >= 0.6 is 0 Å². The molecule has 0 fully saturated rings. The van der Waals surface area contributed by atoms with Crippen LogP contribution in [-0.4, -0.2) is 4.57 Å². The second-order valence-electron chi connectivity index (χ2n) is 9.07. The highest BCUT2D eigenvalue weighted by Gasteiger charge is 2.06. The molecule has 0 radical (unpaired) electrons. The molecule has 1 aromatic heterocycles. The van der Waals surface area contributed by atoms with Gasteiger partial charge in [0.25, 0.3) is 0 Å². The number of rotatable bonds is 4. The smallest absolute Gasteiger partial charge is 0.0489 e. The van der Waals surface area contributed by atoms with Gasteiger partial charge in [-0.25, -0.2) is 0 Å². The van der Waals surface area contributed by atoms with Crippen molar-refractivity contribution in [2.24, 2.45) is 7.05 Å². The fraction of sp³-hybridized carbons (Fsp3) is 0.257. The van der Waals surface area contributed by atoms with Crippen LogP contribution in [0.4, 0.5) is 0 Å². The van der Waals surface area contributed by atoms with E-state index >= 15 is 0 Å². The summed E-state index contributed by atoms with van der Waals surface area (Å²) >= 11 is 0. The van der Waals surface area contributed by atoms with Gasteiger partial charge in [0, 0.05) is 28.9 Å². The lowest BCUT2D eigenvalue weighted by molar-refractivity contribution is 0.702. The third kappa shape index (κ3) is 9.23. The molecule has 1 heterocycles. The number of aryl methyl sites for hydroxylation is 3. The van der Waals surface area contributed by atoms with Crippen LogP contribution in [0.15, 0.2) is 110 Å². The SMILES string of the molecule is C=Cc1ccc2c(c1)c1ccccc1n2C.CCCCCC.Cc1ccccc1.Cc1ccccc1. The number of hydrogen-bond acceptors (Lipinski definition) is 0. The molecule has 4 aromatic carbocycles. The van der Waals surface area contributed by atoms with E-state index in [2.05, 4.69) is 113 Å². The third-order valence-corrected chi connectivity index (χ3v) is 6.01. The third-order valence-electron chi connectivity index (χ3n) is 6.01. The molecular weight excluding hydrogens is 434 g/mol. The predicted molar refractivity (Wildman–Crippen MR) is 163 cm³/mol. The van der Waals surface area contributed by atoms with E-state index in [1.807, 2.05) is 42.5 Å². The number of nitrogens with zero attached hydrogens (tertiary/aromatic N) is 1. The molecule has 0 bridgehead atoms. The van der Waals surface area contributed by atoms with E-state index in [4.69, 9.17) is 0 Å². The van der Waals surface area contributed by atoms with Gasteiger partial charge < -0.3 is 4.57 Å². The molecule has 0 N–H and O–H groups in total. The van der Waals surface area contributed by atoms with Crippen LogP contribution < -0.4 is 0 Å². The van der Waals surface area contributed by atoms with Crippen molar-refractivity contribution in [1.82, 2.24) is 4.57 Å². The minimum Gasteiger partial charge on any atom is -0.344 e. The maximum Gasteiger partial charge on any atom is 0.0489 e. The Balaban J connectivity index is 0.000000191. The Kier molecular flexibility index (Phi) is 12.9. The molecule has 36 heavy (non-hydrogen) atoms. The van der Waals surface area contributed by atoms with Crippen LogP contribution in [0.1, 0.15) is 56.2 Å². The molecular formula is C35H43N. The standard InChI is InChI=1S/C15H13N.2C7H8.C6H14/c1-3-11-8-9-15-13(10-11)12-6-4-5-7-14(12)16(15)2;2*1-7-5-3-2-4-6-7;1-3-5-6-4-2/h3-10H,1H2,2H3;2*2-6H,1H3;3-6H2,1-2H3. The number of unbranched alkanes of at least 4 members (excludes halogenated alkanes) is 3. The molecule has 0 atom stereocenters. The average Bonchev–Trinajstić information content (AvgIpc) is 3.21. The molecule has 0 amide bonds. The summed E-state index contributed by atoms with van der Waals surface area (Å²) < 4.78 is 2.23. The number of benzene rings is 4. The van der Waals surface area contributed by atoms with Crippen molar-refractivity contribution in [1.29, 1.82) is 0 Å². The lowest BCUT2D eigenvalue weighted by Crippen LogP contribution is -1.85. The molecule has 0 aliphatic heterocycles. The normalized spacial score (nSPS) is 9.81. The van der Waals surface area contributed by atoms with Crippen molar-refractivity contribution >= 4 is 27.9 Å². The maximum absolute atomic E-state index is 3.82. The highest BCUT2D eigenvalue weighted by Crippen LogP contribution is 2.28. The highest BCUT2D eigenvalue weighted by molar-refractivity contribution is 6.08. The Morgan fingerprint density at radius 1 is 0.611 bits per heavy atom. The Morgan fingerprint density at radius 3 is 1.53 bits per heavy atom. The van der Waals surface area contributed by atoms with Crippen LogP contribution in [0.5, 0.6) is 0 Å². The second-order valence-corrected chi connectivity index (χ2v) is 9.07. The molecule has 0 unspecified atom stereocenters. The minimum atomic E-state index is 1.17. The summed E-state index contributed by atoms with van der Waals surface area (Å²) in [6.45, 7) is 12.4. The quantitative estimate of drug-likeness (QED) is 0.227. The van der Waals surface area contributed by atoms with Crippen molar-refractivity contribution in [2.45, 2.75) is 53.4 Å². The summed E-state index contributed by atoms with van der Waals surface area (Å²) in [5, 5.41) is 2.61. The lowest BCUT2D eigenvalue weighted by Gasteiger charge is -1.97. The van der Waals surface area contributed by atoms with Crippen LogP contribution in [0.25, 0.3) is 27.9 Å². The largest absolute Gasteiger partial charge is 0.344 e. The van der Waals surface area contributed by atoms with Gasteiger partial charge in [0.2, 0.25) is 0 Å². The van der Waals surface area contributed by atoms with E-state index in [0.29, 0.717) is 0 Å². The Bertz CT molecular complexity index is 1240. The Morgan fingerprint density at radius 2 is 1.08 bits per heavy atom.